The highest BCUT2D eigenvalue weighted by Gasteiger charge is 2.39. The van der Waals surface area contributed by atoms with Gasteiger partial charge in [0.05, 0.1) is 49.0 Å². The van der Waals surface area contributed by atoms with Crippen LogP contribution in [0.15, 0.2) is 41.6 Å². The molecule has 1 fully saturated rings. The van der Waals surface area contributed by atoms with Crippen LogP contribution in [0.25, 0.3) is 11.4 Å². The van der Waals surface area contributed by atoms with Gasteiger partial charge in [-0.05, 0) is 23.8 Å². The van der Waals surface area contributed by atoms with Gasteiger partial charge in [-0.25, -0.2) is 23.0 Å². The van der Waals surface area contributed by atoms with E-state index in [0.29, 0.717) is 29.1 Å². The molecular weight excluding hydrogens is 465 g/mol. The van der Waals surface area contributed by atoms with Gasteiger partial charge in [0.25, 0.3) is 0 Å². The molecule has 1 aromatic carbocycles. The molecule has 2 aromatic heterocycles. The van der Waals surface area contributed by atoms with E-state index in [1.165, 1.54) is 39.0 Å². The largest absolute Gasteiger partial charge is 0.483 e. The first kappa shape index (κ1) is 22.8. The van der Waals surface area contributed by atoms with E-state index in [0.717, 1.165) is 12.3 Å². The number of pyridine rings is 1. The van der Waals surface area contributed by atoms with Crippen LogP contribution in [0.3, 0.4) is 0 Å². The van der Waals surface area contributed by atoms with Crippen LogP contribution in [0, 0.1) is 17.5 Å². The van der Waals surface area contributed by atoms with Crippen molar-refractivity contribution in [3.8, 4) is 17.1 Å². The molecule has 0 radical (unpaired) electrons. The molecule has 0 saturated carbocycles. The average molecular weight is 486 g/mol. The Morgan fingerprint density at radius 2 is 1.89 bits per heavy atom. The summed E-state index contributed by atoms with van der Waals surface area (Å²) in [6, 6.07) is 5.17. The number of aryl methyl sites for hydroxylation is 1. The molecule has 4 heterocycles. The molecule has 0 aliphatic carbocycles. The third-order valence-electron chi connectivity index (χ3n) is 5.88. The number of carbonyl (C=O) groups excluding carboxylic acids is 1. The van der Waals surface area contributed by atoms with Crippen molar-refractivity contribution in [2.75, 3.05) is 13.1 Å². The summed E-state index contributed by atoms with van der Waals surface area (Å²) in [7, 11) is 1.68. The zero-order valence-electron chi connectivity index (χ0n) is 18.6. The number of aliphatic hydroxyl groups excluding tert-OH is 1. The van der Waals surface area contributed by atoms with E-state index in [-0.39, 0.29) is 25.4 Å². The fraction of sp³-hybridized carbons (Fsp3) is 0.304. The maximum atomic E-state index is 14.4. The van der Waals surface area contributed by atoms with Crippen molar-refractivity contribution in [1.29, 1.82) is 0 Å². The van der Waals surface area contributed by atoms with Gasteiger partial charge in [0.1, 0.15) is 17.7 Å². The molecule has 0 bridgehead atoms. The van der Waals surface area contributed by atoms with E-state index < -0.39 is 35.6 Å². The second-order valence-electron chi connectivity index (χ2n) is 8.33. The van der Waals surface area contributed by atoms with Gasteiger partial charge in [-0.2, -0.15) is 10.2 Å². The molecule has 5 rings (SSSR count). The molecule has 182 valence electrons. The number of hydrazone groups is 1. The molecule has 1 N–H and O–H groups in total. The lowest BCUT2D eigenvalue weighted by Gasteiger charge is -2.41. The van der Waals surface area contributed by atoms with E-state index in [2.05, 4.69) is 15.2 Å². The van der Waals surface area contributed by atoms with Crippen LogP contribution in [0.2, 0.25) is 0 Å². The number of carbonyl (C=O) groups is 1. The Balaban J connectivity index is 1.24. The summed E-state index contributed by atoms with van der Waals surface area (Å²) in [5.74, 6) is -2.13. The minimum absolute atomic E-state index is 0.0221. The van der Waals surface area contributed by atoms with E-state index in [9.17, 15) is 23.1 Å². The zero-order valence-corrected chi connectivity index (χ0v) is 18.6. The lowest BCUT2D eigenvalue weighted by atomic mass is 10.0. The summed E-state index contributed by atoms with van der Waals surface area (Å²) in [6.07, 6.45) is 2.44. The Hall–Kier alpha value is -3.93. The third kappa shape index (κ3) is 4.44. The number of rotatable bonds is 5. The zero-order chi connectivity index (χ0) is 24.7. The van der Waals surface area contributed by atoms with Gasteiger partial charge in [-0.3, -0.25) is 9.67 Å². The number of amides is 2. The van der Waals surface area contributed by atoms with Gasteiger partial charge >= 0.3 is 6.03 Å². The van der Waals surface area contributed by atoms with Crippen LogP contribution >= 0.6 is 0 Å². The van der Waals surface area contributed by atoms with Crippen LogP contribution in [-0.2, 0) is 13.7 Å². The first-order valence-corrected chi connectivity index (χ1v) is 10.9. The van der Waals surface area contributed by atoms with Crippen molar-refractivity contribution < 1.29 is 27.8 Å². The molecule has 35 heavy (non-hydrogen) atoms. The summed E-state index contributed by atoms with van der Waals surface area (Å²) >= 11 is 0. The molecule has 2 aliphatic rings. The normalized spacial score (nSPS) is 17.7. The highest BCUT2D eigenvalue weighted by molar-refractivity contribution is 5.79. The van der Waals surface area contributed by atoms with E-state index >= 15 is 0 Å². The summed E-state index contributed by atoms with van der Waals surface area (Å²) < 4.78 is 49.0. The number of nitrogens with zero attached hydrogens (tertiary/aromatic N) is 6. The molecule has 2 amide bonds. The Bertz CT molecular complexity index is 1290. The van der Waals surface area contributed by atoms with E-state index in [1.807, 2.05) is 0 Å². The Morgan fingerprint density at radius 3 is 2.57 bits per heavy atom. The van der Waals surface area contributed by atoms with Crippen molar-refractivity contribution in [3.63, 3.8) is 0 Å². The predicted octanol–water partition coefficient (Wildman–Crippen LogP) is 3.01. The molecule has 3 aromatic rings. The summed E-state index contributed by atoms with van der Waals surface area (Å²) in [5.41, 5.74) is 1.76. The van der Waals surface area contributed by atoms with Crippen LogP contribution < -0.4 is 4.74 Å². The minimum Gasteiger partial charge on any atom is -0.483 e. The number of hydrogen-bond donors (Lipinski definition) is 1. The minimum atomic E-state index is -0.728. The molecule has 9 nitrogen and oxygen atoms in total. The number of hydrogen-bond acceptors (Lipinski definition) is 6. The maximum Gasteiger partial charge on any atom is 0.341 e. The smallest absolute Gasteiger partial charge is 0.341 e. The number of aromatic nitrogens is 3. The monoisotopic (exact) mass is 486 g/mol. The highest BCUT2D eigenvalue weighted by atomic mass is 19.1. The summed E-state index contributed by atoms with van der Waals surface area (Å²) in [6.45, 7) is 0.138. The Kier molecular flexibility index (Phi) is 5.89. The second kappa shape index (κ2) is 9.02. The van der Waals surface area contributed by atoms with Crippen molar-refractivity contribution >= 4 is 12.2 Å². The quantitative estimate of drug-likeness (QED) is 0.598. The van der Waals surface area contributed by atoms with Gasteiger partial charge in [-0.15, -0.1) is 0 Å². The fourth-order valence-electron chi connectivity index (χ4n) is 4.13. The molecule has 1 unspecified atom stereocenters. The van der Waals surface area contributed by atoms with Crippen molar-refractivity contribution in [1.82, 2.24) is 24.7 Å². The van der Waals surface area contributed by atoms with Gasteiger partial charge in [-0.1, -0.05) is 0 Å². The lowest BCUT2D eigenvalue weighted by molar-refractivity contribution is 0.0256. The van der Waals surface area contributed by atoms with Crippen LogP contribution in [0.4, 0.5) is 18.0 Å². The molecule has 1 saturated heterocycles. The number of likely N-dealkylation sites (tertiary alicyclic amines) is 1. The van der Waals surface area contributed by atoms with Crippen molar-refractivity contribution in [3.05, 3.63) is 65.2 Å². The van der Waals surface area contributed by atoms with Crippen LogP contribution in [0.1, 0.15) is 23.7 Å². The second-order valence-corrected chi connectivity index (χ2v) is 8.33. The van der Waals surface area contributed by atoms with Crippen molar-refractivity contribution in [2.45, 2.75) is 25.2 Å². The number of ether oxygens (including phenoxy) is 1. The topological polar surface area (TPSA) is 96.1 Å². The first-order valence-electron chi connectivity index (χ1n) is 10.9. The van der Waals surface area contributed by atoms with Crippen molar-refractivity contribution in [2.24, 2.45) is 12.1 Å². The maximum absolute atomic E-state index is 14.4. The molecule has 2 aliphatic heterocycles. The number of aliphatic hydroxyl groups is 1. The number of urea groups is 1. The summed E-state index contributed by atoms with van der Waals surface area (Å²) in [5, 5.41) is 18.7. The number of halogens is 3. The lowest BCUT2D eigenvalue weighted by Crippen LogP contribution is -2.58. The SMILES string of the molecule is Cn1nc(CO)cc1-c1cc(OC2CN(C(=O)N3N=CCC3c3cc(F)cc(F)c3)C2)c(F)cn1. The number of benzene rings is 1. The Morgan fingerprint density at radius 1 is 1.14 bits per heavy atom. The molecule has 0 spiro atoms. The molecule has 1 atom stereocenters. The third-order valence-corrected chi connectivity index (χ3v) is 5.88. The van der Waals surface area contributed by atoms with Crippen LogP contribution in [-0.4, -0.2) is 61.2 Å². The average Bonchev–Trinajstić information content (AvgIpc) is 3.43. The van der Waals surface area contributed by atoms with Crippen LogP contribution in [0.5, 0.6) is 5.75 Å². The van der Waals surface area contributed by atoms with Gasteiger partial charge in [0.15, 0.2) is 11.6 Å². The Labute approximate surface area is 198 Å². The first-order chi connectivity index (χ1) is 16.8. The fourth-order valence-corrected chi connectivity index (χ4v) is 4.13. The van der Waals surface area contributed by atoms with Gasteiger partial charge in [0, 0.05) is 31.8 Å². The van der Waals surface area contributed by atoms with Gasteiger partial charge in [0.2, 0.25) is 0 Å². The summed E-state index contributed by atoms with van der Waals surface area (Å²) in [4.78, 5) is 18.5. The standard InChI is InChI=1S/C23H21F3N6O3/c1-30-21(7-16(12-33)29-30)19-8-22(18(26)9-27-19)35-17-10-31(11-17)23(34)32-20(2-3-28-32)13-4-14(24)6-15(25)5-13/h3-9,17,20,33H,2,10-12H2,1H3. The highest BCUT2D eigenvalue weighted by Crippen LogP contribution is 2.32. The van der Waals surface area contributed by atoms with E-state index in [1.54, 1.807) is 13.1 Å². The van der Waals surface area contributed by atoms with Gasteiger partial charge < -0.3 is 14.7 Å². The predicted molar refractivity (Wildman–Crippen MR) is 118 cm³/mol. The van der Waals surface area contributed by atoms with E-state index in [4.69, 9.17) is 4.74 Å². The molecular formula is C23H21F3N6O3. The molecule has 12 heteroatoms.